The standard InChI is InChI=1S/C5H8F2/c1-3-2-4(3)5(6)7/h3-5H,2H2,1H3/t3-,4?/m1/s1. The van der Waals surface area contributed by atoms with Gasteiger partial charge in [0.1, 0.15) is 0 Å². The monoisotopic (exact) mass is 106 g/mol. The molecule has 1 aliphatic carbocycles. The summed E-state index contributed by atoms with van der Waals surface area (Å²) in [5, 5.41) is 0. The van der Waals surface area contributed by atoms with Crippen molar-refractivity contribution in [2.45, 2.75) is 19.8 Å². The Kier molecular flexibility index (Phi) is 1.02. The van der Waals surface area contributed by atoms with Gasteiger partial charge in [-0.25, -0.2) is 8.78 Å². The van der Waals surface area contributed by atoms with Crippen LogP contribution in [-0.4, -0.2) is 6.43 Å². The summed E-state index contributed by atoms with van der Waals surface area (Å²) >= 11 is 0. The maximum atomic E-state index is 11.5. The smallest absolute Gasteiger partial charge is 0.210 e. The van der Waals surface area contributed by atoms with Crippen molar-refractivity contribution in [1.29, 1.82) is 0 Å². The van der Waals surface area contributed by atoms with Gasteiger partial charge in [0, 0.05) is 5.92 Å². The molecular formula is C5H8F2. The van der Waals surface area contributed by atoms with Crippen molar-refractivity contribution in [3.8, 4) is 0 Å². The van der Waals surface area contributed by atoms with Crippen LogP contribution in [0.25, 0.3) is 0 Å². The third-order valence-electron chi connectivity index (χ3n) is 1.50. The zero-order valence-corrected chi connectivity index (χ0v) is 4.20. The van der Waals surface area contributed by atoms with Crippen LogP contribution in [0.4, 0.5) is 8.78 Å². The van der Waals surface area contributed by atoms with E-state index in [1.807, 2.05) is 6.92 Å². The lowest BCUT2D eigenvalue weighted by Gasteiger charge is -1.88. The fourth-order valence-corrected chi connectivity index (χ4v) is 0.702. The Morgan fingerprint density at radius 2 is 2.00 bits per heavy atom. The molecule has 42 valence electrons. The Morgan fingerprint density at radius 1 is 1.57 bits per heavy atom. The number of alkyl halides is 2. The highest BCUT2D eigenvalue weighted by Crippen LogP contribution is 2.42. The van der Waals surface area contributed by atoms with E-state index < -0.39 is 6.43 Å². The van der Waals surface area contributed by atoms with Crippen LogP contribution in [0.1, 0.15) is 13.3 Å². The first-order chi connectivity index (χ1) is 3.22. The largest absolute Gasteiger partial charge is 0.241 e. The van der Waals surface area contributed by atoms with E-state index in [9.17, 15) is 8.78 Å². The maximum Gasteiger partial charge on any atom is 0.241 e. The van der Waals surface area contributed by atoms with E-state index in [1.54, 1.807) is 0 Å². The molecule has 0 radical (unpaired) electrons. The summed E-state index contributed by atoms with van der Waals surface area (Å²) in [4.78, 5) is 0. The van der Waals surface area contributed by atoms with E-state index in [0.717, 1.165) is 6.42 Å². The molecule has 0 heterocycles. The number of hydrogen-bond donors (Lipinski definition) is 0. The predicted octanol–water partition coefficient (Wildman–Crippen LogP) is 1.91. The first-order valence-electron chi connectivity index (χ1n) is 2.50. The zero-order chi connectivity index (χ0) is 5.44. The average molecular weight is 106 g/mol. The minimum Gasteiger partial charge on any atom is -0.210 e. The second kappa shape index (κ2) is 1.42. The molecule has 1 rings (SSSR count). The van der Waals surface area contributed by atoms with E-state index in [1.165, 1.54) is 0 Å². The summed E-state index contributed by atoms with van der Waals surface area (Å²) in [6, 6.07) is 0. The van der Waals surface area contributed by atoms with E-state index in [-0.39, 0.29) is 5.92 Å². The molecule has 1 saturated carbocycles. The van der Waals surface area contributed by atoms with Crippen molar-refractivity contribution in [3.05, 3.63) is 0 Å². The normalized spacial score (nSPS) is 39.4. The number of rotatable bonds is 1. The van der Waals surface area contributed by atoms with Crippen LogP contribution in [0.3, 0.4) is 0 Å². The van der Waals surface area contributed by atoms with Crippen molar-refractivity contribution in [1.82, 2.24) is 0 Å². The molecule has 0 nitrogen and oxygen atoms in total. The van der Waals surface area contributed by atoms with Gasteiger partial charge in [-0.1, -0.05) is 6.92 Å². The number of hydrogen-bond acceptors (Lipinski definition) is 0. The molecule has 0 aromatic carbocycles. The fourth-order valence-electron chi connectivity index (χ4n) is 0.702. The van der Waals surface area contributed by atoms with Crippen molar-refractivity contribution in [2.24, 2.45) is 11.8 Å². The molecule has 2 heteroatoms. The lowest BCUT2D eigenvalue weighted by molar-refractivity contribution is 0.117. The van der Waals surface area contributed by atoms with Gasteiger partial charge < -0.3 is 0 Å². The summed E-state index contributed by atoms with van der Waals surface area (Å²) < 4.78 is 22.9. The first-order valence-corrected chi connectivity index (χ1v) is 2.50. The van der Waals surface area contributed by atoms with Gasteiger partial charge >= 0.3 is 0 Å². The Morgan fingerprint density at radius 3 is 2.00 bits per heavy atom. The van der Waals surface area contributed by atoms with Crippen LogP contribution >= 0.6 is 0 Å². The molecule has 1 fully saturated rings. The SMILES string of the molecule is C[C@@H]1CC1C(F)F. The van der Waals surface area contributed by atoms with E-state index in [2.05, 4.69) is 0 Å². The highest BCUT2D eigenvalue weighted by Gasteiger charge is 2.40. The van der Waals surface area contributed by atoms with Crippen LogP contribution in [0.2, 0.25) is 0 Å². The first kappa shape index (κ1) is 5.01. The van der Waals surface area contributed by atoms with Gasteiger partial charge in [0.25, 0.3) is 0 Å². The molecule has 1 aliphatic rings. The van der Waals surface area contributed by atoms with Crippen LogP contribution in [0.15, 0.2) is 0 Å². The van der Waals surface area contributed by atoms with Gasteiger partial charge in [0.05, 0.1) is 0 Å². The van der Waals surface area contributed by atoms with Crippen LogP contribution < -0.4 is 0 Å². The quantitative estimate of drug-likeness (QED) is 0.479. The molecule has 0 aliphatic heterocycles. The summed E-state index contributed by atoms with van der Waals surface area (Å²) in [6.07, 6.45) is -1.33. The van der Waals surface area contributed by atoms with Crippen molar-refractivity contribution in [3.63, 3.8) is 0 Å². The van der Waals surface area contributed by atoms with Gasteiger partial charge in [0.15, 0.2) is 0 Å². The third-order valence-corrected chi connectivity index (χ3v) is 1.50. The van der Waals surface area contributed by atoms with Gasteiger partial charge in [-0.3, -0.25) is 0 Å². The molecule has 2 atom stereocenters. The predicted molar refractivity (Wildman–Crippen MR) is 23.3 cm³/mol. The second-order valence-corrected chi connectivity index (χ2v) is 2.21. The molecule has 0 amide bonds. The highest BCUT2D eigenvalue weighted by molar-refractivity contribution is 4.83. The molecule has 0 spiro atoms. The van der Waals surface area contributed by atoms with E-state index >= 15 is 0 Å². The zero-order valence-electron chi connectivity index (χ0n) is 4.20. The van der Waals surface area contributed by atoms with Crippen LogP contribution in [-0.2, 0) is 0 Å². The van der Waals surface area contributed by atoms with Gasteiger partial charge in [-0.2, -0.15) is 0 Å². The highest BCUT2D eigenvalue weighted by atomic mass is 19.3. The van der Waals surface area contributed by atoms with E-state index in [4.69, 9.17) is 0 Å². The summed E-state index contributed by atoms with van der Waals surface area (Å²) in [7, 11) is 0. The molecular weight excluding hydrogens is 98.1 g/mol. The maximum absolute atomic E-state index is 11.5. The van der Waals surface area contributed by atoms with Crippen LogP contribution in [0.5, 0.6) is 0 Å². The molecule has 0 aromatic rings. The lowest BCUT2D eigenvalue weighted by Crippen LogP contribution is -1.92. The summed E-state index contributed by atoms with van der Waals surface area (Å²) in [5.74, 6) is 0.0278. The van der Waals surface area contributed by atoms with Gasteiger partial charge in [0.2, 0.25) is 6.43 Å². The van der Waals surface area contributed by atoms with Gasteiger partial charge in [-0.05, 0) is 12.3 Å². The van der Waals surface area contributed by atoms with Crippen molar-refractivity contribution >= 4 is 0 Å². The fraction of sp³-hybridized carbons (Fsp3) is 1.00. The van der Waals surface area contributed by atoms with E-state index in [0.29, 0.717) is 5.92 Å². The Labute approximate surface area is 41.5 Å². The van der Waals surface area contributed by atoms with Crippen LogP contribution in [0, 0.1) is 11.8 Å². The third kappa shape index (κ3) is 0.898. The lowest BCUT2D eigenvalue weighted by atomic mass is 10.4. The number of halogens is 2. The Balaban J connectivity index is 2.20. The minimum absolute atomic E-state index is 0.264. The Hall–Kier alpha value is -0.140. The molecule has 7 heavy (non-hydrogen) atoms. The minimum atomic E-state index is -2.06. The summed E-state index contributed by atoms with van der Waals surface area (Å²) in [5.41, 5.74) is 0. The molecule has 0 saturated heterocycles. The average Bonchev–Trinajstić information content (AvgIpc) is 2.17. The summed E-state index contributed by atoms with van der Waals surface area (Å²) in [6.45, 7) is 1.86. The Bertz CT molecular complexity index is 70.5. The molecule has 0 aromatic heterocycles. The van der Waals surface area contributed by atoms with Gasteiger partial charge in [-0.15, -0.1) is 0 Å². The molecule has 1 unspecified atom stereocenters. The molecule has 0 N–H and O–H groups in total. The van der Waals surface area contributed by atoms with Crippen molar-refractivity contribution in [2.75, 3.05) is 0 Å². The molecule has 0 bridgehead atoms. The van der Waals surface area contributed by atoms with Crippen molar-refractivity contribution < 1.29 is 8.78 Å². The second-order valence-electron chi connectivity index (χ2n) is 2.21. The topological polar surface area (TPSA) is 0 Å².